The fraction of sp³-hybridized carbons (Fsp3) is 0.111. The molecule has 4 nitrogen and oxygen atoms in total. The Morgan fingerprint density at radius 3 is 2.35 bits per heavy atom. The van der Waals surface area contributed by atoms with Gasteiger partial charge in [-0.25, -0.2) is 4.79 Å². The molecule has 0 saturated carbocycles. The van der Waals surface area contributed by atoms with Crippen LogP contribution in [-0.2, 0) is 4.79 Å². The van der Waals surface area contributed by atoms with E-state index in [9.17, 15) is 22.8 Å². The fourth-order valence-electron chi connectivity index (χ4n) is 1.04. The van der Waals surface area contributed by atoms with Crippen LogP contribution in [0.15, 0.2) is 18.2 Å². The van der Waals surface area contributed by atoms with Crippen LogP contribution in [0.3, 0.4) is 0 Å². The van der Waals surface area contributed by atoms with Crippen molar-refractivity contribution >= 4 is 40.2 Å². The molecule has 0 aliphatic carbocycles. The number of carbonyl (C=O) groups excluding carboxylic acids is 1. The fourth-order valence-corrected chi connectivity index (χ4v) is 1.77. The van der Waals surface area contributed by atoms with Crippen LogP contribution in [0.4, 0.5) is 18.9 Å². The molecule has 0 unspecified atom stereocenters. The van der Waals surface area contributed by atoms with E-state index >= 15 is 0 Å². The first kappa shape index (κ1) is 13.7. The Kier molecular flexibility index (Phi) is 3.96. The van der Waals surface area contributed by atoms with Crippen LogP contribution in [-0.4, -0.2) is 23.2 Å². The van der Waals surface area contributed by atoms with Crippen LogP contribution in [0.5, 0.6) is 0 Å². The van der Waals surface area contributed by atoms with E-state index in [-0.39, 0.29) is 14.8 Å². The first-order chi connectivity index (χ1) is 7.73. The largest absolute Gasteiger partial charge is 0.478 e. The van der Waals surface area contributed by atoms with Crippen molar-refractivity contribution in [2.45, 2.75) is 6.18 Å². The average molecular weight is 359 g/mol. The molecule has 8 heteroatoms. The second-order valence-electron chi connectivity index (χ2n) is 2.92. The van der Waals surface area contributed by atoms with Crippen molar-refractivity contribution in [2.24, 2.45) is 0 Å². The van der Waals surface area contributed by atoms with Crippen molar-refractivity contribution in [1.29, 1.82) is 0 Å². The number of anilines is 1. The van der Waals surface area contributed by atoms with Gasteiger partial charge < -0.3 is 10.4 Å². The van der Waals surface area contributed by atoms with Gasteiger partial charge in [-0.15, -0.1) is 0 Å². The molecule has 0 aliphatic rings. The predicted octanol–water partition coefficient (Wildman–Crippen LogP) is 2.49. The summed E-state index contributed by atoms with van der Waals surface area (Å²) >= 11 is 1.66. The van der Waals surface area contributed by atoms with Gasteiger partial charge in [-0.2, -0.15) is 13.2 Å². The number of carboxylic acid groups (broad SMARTS) is 1. The van der Waals surface area contributed by atoms with E-state index < -0.39 is 18.1 Å². The molecule has 1 rings (SSSR count). The number of carbonyl (C=O) groups is 2. The van der Waals surface area contributed by atoms with Crippen LogP contribution >= 0.6 is 22.6 Å². The highest BCUT2D eigenvalue weighted by Gasteiger charge is 2.39. The first-order valence-corrected chi connectivity index (χ1v) is 5.21. The first-order valence-electron chi connectivity index (χ1n) is 4.13. The quantitative estimate of drug-likeness (QED) is 0.798. The number of halogens is 4. The summed E-state index contributed by atoms with van der Waals surface area (Å²) in [7, 11) is 0. The lowest BCUT2D eigenvalue weighted by Gasteiger charge is -2.11. The van der Waals surface area contributed by atoms with Crippen LogP contribution in [0.25, 0.3) is 0 Å². The van der Waals surface area contributed by atoms with Crippen molar-refractivity contribution in [2.75, 3.05) is 5.32 Å². The van der Waals surface area contributed by atoms with Gasteiger partial charge in [-0.1, -0.05) is 6.07 Å². The molecule has 0 spiro atoms. The zero-order chi connectivity index (χ0) is 13.2. The Morgan fingerprint density at radius 2 is 1.88 bits per heavy atom. The summed E-state index contributed by atoms with van der Waals surface area (Å²) in [6.45, 7) is 0. The SMILES string of the molecule is O=C(O)c1c(I)cccc1NC(=O)C(F)(F)F. The van der Waals surface area contributed by atoms with Crippen molar-refractivity contribution < 1.29 is 27.9 Å². The maximum absolute atomic E-state index is 12.0. The van der Waals surface area contributed by atoms with Gasteiger partial charge in [0.25, 0.3) is 0 Å². The Bertz CT molecular complexity index is 473. The van der Waals surface area contributed by atoms with Crippen LogP contribution < -0.4 is 5.32 Å². The maximum atomic E-state index is 12.0. The molecule has 0 bridgehead atoms. The minimum atomic E-state index is -5.06. The molecule has 2 N–H and O–H groups in total. The van der Waals surface area contributed by atoms with Gasteiger partial charge in [0.15, 0.2) is 0 Å². The third-order valence-corrected chi connectivity index (χ3v) is 2.63. The molecular formula is C9H5F3INO3. The topological polar surface area (TPSA) is 66.4 Å². The minimum absolute atomic E-state index is 0.232. The summed E-state index contributed by atoms with van der Waals surface area (Å²) in [6, 6.07) is 3.85. The number of benzene rings is 1. The van der Waals surface area contributed by atoms with E-state index in [2.05, 4.69) is 0 Å². The molecule has 0 heterocycles. The summed E-state index contributed by atoms with van der Waals surface area (Å²) in [5, 5.41) is 10.3. The maximum Gasteiger partial charge on any atom is 0.471 e. The predicted molar refractivity (Wildman–Crippen MR) is 60.8 cm³/mol. The zero-order valence-electron chi connectivity index (χ0n) is 8.01. The average Bonchev–Trinajstić information content (AvgIpc) is 2.15. The van der Waals surface area contributed by atoms with E-state index in [1.165, 1.54) is 17.4 Å². The van der Waals surface area contributed by atoms with Crippen LogP contribution in [0.1, 0.15) is 10.4 Å². The highest BCUT2D eigenvalue weighted by atomic mass is 127. The summed E-state index contributed by atoms with van der Waals surface area (Å²) < 4.78 is 36.3. The highest BCUT2D eigenvalue weighted by Crippen LogP contribution is 2.24. The van der Waals surface area contributed by atoms with Gasteiger partial charge in [-0.05, 0) is 34.7 Å². The molecule has 0 radical (unpaired) electrons. The summed E-state index contributed by atoms with van der Waals surface area (Å²) in [6.07, 6.45) is -5.06. The van der Waals surface area contributed by atoms with Crippen molar-refractivity contribution in [3.05, 3.63) is 27.3 Å². The zero-order valence-corrected chi connectivity index (χ0v) is 10.2. The number of aromatic carboxylic acids is 1. The standard InChI is InChI=1S/C9H5F3INO3/c10-9(11,12)8(17)14-5-3-1-2-4(13)6(5)7(15)16/h1-3H,(H,14,17)(H,15,16). The molecule has 92 valence electrons. The molecule has 0 saturated heterocycles. The Balaban J connectivity index is 3.12. The Labute approximate surface area is 107 Å². The van der Waals surface area contributed by atoms with Gasteiger partial charge in [0.1, 0.15) is 0 Å². The monoisotopic (exact) mass is 359 g/mol. The molecule has 1 amide bonds. The van der Waals surface area contributed by atoms with Crippen LogP contribution in [0, 0.1) is 3.57 Å². The van der Waals surface area contributed by atoms with Gasteiger partial charge in [-0.3, -0.25) is 4.79 Å². The van der Waals surface area contributed by atoms with Crippen molar-refractivity contribution in [3.8, 4) is 0 Å². The molecule has 0 fully saturated rings. The van der Waals surface area contributed by atoms with Gasteiger partial charge in [0.2, 0.25) is 0 Å². The number of carboxylic acids is 1. The van der Waals surface area contributed by atoms with Crippen LogP contribution in [0.2, 0.25) is 0 Å². The molecule has 1 aromatic carbocycles. The van der Waals surface area contributed by atoms with Gasteiger partial charge >= 0.3 is 18.1 Å². The minimum Gasteiger partial charge on any atom is -0.478 e. The molecule has 1 aromatic rings. The van der Waals surface area contributed by atoms with E-state index in [1.807, 2.05) is 0 Å². The lowest BCUT2D eigenvalue weighted by atomic mass is 10.2. The highest BCUT2D eigenvalue weighted by molar-refractivity contribution is 14.1. The lowest BCUT2D eigenvalue weighted by Crippen LogP contribution is -2.30. The van der Waals surface area contributed by atoms with Gasteiger partial charge in [0, 0.05) is 3.57 Å². The number of alkyl halides is 3. The summed E-state index contributed by atoms with van der Waals surface area (Å²) in [4.78, 5) is 21.5. The molecule has 17 heavy (non-hydrogen) atoms. The number of hydrogen-bond donors (Lipinski definition) is 2. The van der Waals surface area contributed by atoms with Crippen molar-refractivity contribution in [1.82, 2.24) is 0 Å². The van der Waals surface area contributed by atoms with E-state index in [0.29, 0.717) is 0 Å². The normalized spacial score (nSPS) is 11.1. The molecule has 0 atom stereocenters. The smallest absolute Gasteiger partial charge is 0.471 e. The van der Waals surface area contributed by atoms with E-state index in [4.69, 9.17) is 5.11 Å². The second kappa shape index (κ2) is 4.90. The molecular weight excluding hydrogens is 354 g/mol. The Hall–Kier alpha value is -1.32. The van der Waals surface area contributed by atoms with E-state index in [0.717, 1.165) is 6.07 Å². The summed E-state index contributed by atoms with van der Waals surface area (Å²) in [5.41, 5.74) is -0.752. The number of hydrogen-bond acceptors (Lipinski definition) is 2. The number of nitrogens with one attached hydrogen (secondary N) is 1. The Morgan fingerprint density at radius 1 is 1.29 bits per heavy atom. The lowest BCUT2D eigenvalue weighted by molar-refractivity contribution is -0.167. The number of amides is 1. The molecule has 0 aliphatic heterocycles. The van der Waals surface area contributed by atoms with Crippen molar-refractivity contribution in [3.63, 3.8) is 0 Å². The number of rotatable bonds is 2. The summed E-state index contributed by atoms with van der Waals surface area (Å²) in [5.74, 6) is -3.62. The van der Waals surface area contributed by atoms with E-state index in [1.54, 1.807) is 22.6 Å². The molecule has 0 aromatic heterocycles. The third kappa shape index (κ3) is 3.32. The second-order valence-corrected chi connectivity index (χ2v) is 4.08. The van der Waals surface area contributed by atoms with Gasteiger partial charge in [0.05, 0.1) is 11.3 Å². The third-order valence-electron chi connectivity index (χ3n) is 1.73.